The molecule has 0 saturated carbocycles. The second-order valence-corrected chi connectivity index (χ2v) is 5.76. The molecular formula is C16H21NS. The molecule has 2 rings (SSSR count). The van der Waals surface area contributed by atoms with Gasteiger partial charge in [0.05, 0.1) is 0 Å². The van der Waals surface area contributed by atoms with E-state index < -0.39 is 0 Å². The highest BCUT2D eigenvalue weighted by atomic mass is 32.1. The number of benzene rings is 1. The van der Waals surface area contributed by atoms with Gasteiger partial charge in [0, 0.05) is 12.1 Å². The molecule has 1 aromatic carbocycles. The molecule has 0 fully saturated rings. The van der Waals surface area contributed by atoms with E-state index in [4.69, 9.17) is 0 Å². The van der Waals surface area contributed by atoms with Crippen molar-refractivity contribution in [1.29, 1.82) is 0 Å². The van der Waals surface area contributed by atoms with Gasteiger partial charge in [-0.1, -0.05) is 24.3 Å². The lowest BCUT2D eigenvalue weighted by molar-refractivity contribution is 0.477. The Kier molecular flexibility index (Phi) is 4.56. The van der Waals surface area contributed by atoms with Crippen LogP contribution in [0.5, 0.6) is 0 Å². The number of nitrogens with one attached hydrogen (secondary N) is 1. The minimum atomic E-state index is 0.426. The topological polar surface area (TPSA) is 12.0 Å². The predicted octanol–water partition coefficient (Wildman–Crippen LogP) is 4.34. The van der Waals surface area contributed by atoms with Crippen molar-refractivity contribution in [2.45, 2.75) is 39.3 Å². The standard InChI is InChI=1S/C16H21NS/c1-12-6-4-5-7-15(12)10-13(2)17-14(3)16-8-9-18-11-16/h4-9,11,13-14,17H,10H2,1-3H3. The number of hydrogen-bond donors (Lipinski definition) is 1. The molecule has 1 aromatic heterocycles. The van der Waals surface area contributed by atoms with Gasteiger partial charge in [0.2, 0.25) is 0 Å². The van der Waals surface area contributed by atoms with Gasteiger partial charge in [0.1, 0.15) is 0 Å². The molecule has 0 spiro atoms. The first-order chi connectivity index (χ1) is 8.66. The fourth-order valence-electron chi connectivity index (χ4n) is 2.27. The van der Waals surface area contributed by atoms with E-state index in [9.17, 15) is 0 Å². The van der Waals surface area contributed by atoms with Crippen LogP contribution in [0.1, 0.15) is 36.6 Å². The van der Waals surface area contributed by atoms with Crippen molar-refractivity contribution < 1.29 is 0 Å². The highest BCUT2D eigenvalue weighted by Gasteiger charge is 2.10. The van der Waals surface area contributed by atoms with Crippen LogP contribution in [0.4, 0.5) is 0 Å². The second-order valence-electron chi connectivity index (χ2n) is 4.98. The molecule has 2 unspecified atom stereocenters. The molecule has 1 nitrogen and oxygen atoms in total. The largest absolute Gasteiger partial charge is 0.307 e. The lowest BCUT2D eigenvalue weighted by Crippen LogP contribution is -2.30. The molecule has 1 heterocycles. The zero-order chi connectivity index (χ0) is 13.0. The van der Waals surface area contributed by atoms with E-state index in [1.807, 2.05) is 0 Å². The molecule has 0 amide bonds. The minimum absolute atomic E-state index is 0.426. The zero-order valence-electron chi connectivity index (χ0n) is 11.3. The molecule has 0 aliphatic heterocycles. The summed E-state index contributed by atoms with van der Waals surface area (Å²) in [4.78, 5) is 0. The van der Waals surface area contributed by atoms with Gasteiger partial charge in [-0.05, 0) is 60.7 Å². The molecule has 96 valence electrons. The Hall–Kier alpha value is -1.12. The van der Waals surface area contributed by atoms with Gasteiger partial charge in [-0.25, -0.2) is 0 Å². The Morgan fingerprint density at radius 1 is 1.17 bits per heavy atom. The van der Waals surface area contributed by atoms with Gasteiger partial charge in [0.15, 0.2) is 0 Å². The van der Waals surface area contributed by atoms with Crippen molar-refractivity contribution in [2.24, 2.45) is 0 Å². The SMILES string of the molecule is Cc1ccccc1CC(C)NC(C)c1ccsc1. The van der Waals surface area contributed by atoms with Crippen LogP contribution in [0.25, 0.3) is 0 Å². The van der Waals surface area contributed by atoms with Crippen LogP contribution in [0.2, 0.25) is 0 Å². The van der Waals surface area contributed by atoms with Crippen LogP contribution in [0, 0.1) is 6.92 Å². The molecule has 0 aliphatic carbocycles. The first kappa shape index (κ1) is 13.3. The smallest absolute Gasteiger partial charge is 0.0302 e. The lowest BCUT2D eigenvalue weighted by atomic mass is 10.0. The summed E-state index contributed by atoms with van der Waals surface area (Å²) in [6.07, 6.45) is 1.08. The van der Waals surface area contributed by atoms with Crippen LogP contribution in [0.15, 0.2) is 41.1 Å². The van der Waals surface area contributed by atoms with Crippen molar-refractivity contribution in [2.75, 3.05) is 0 Å². The first-order valence-electron chi connectivity index (χ1n) is 6.49. The van der Waals surface area contributed by atoms with Crippen LogP contribution in [-0.4, -0.2) is 6.04 Å². The molecule has 2 aromatic rings. The number of hydrogen-bond acceptors (Lipinski definition) is 2. The van der Waals surface area contributed by atoms with Gasteiger partial charge in [0.25, 0.3) is 0 Å². The summed E-state index contributed by atoms with van der Waals surface area (Å²) in [6.45, 7) is 6.68. The summed E-state index contributed by atoms with van der Waals surface area (Å²) in [7, 11) is 0. The molecule has 0 aliphatic rings. The third-order valence-corrected chi connectivity index (χ3v) is 4.07. The van der Waals surface area contributed by atoms with Crippen LogP contribution < -0.4 is 5.32 Å². The summed E-state index contributed by atoms with van der Waals surface area (Å²) in [5, 5.41) is 8.02. The van der Waals surface area contributed by atoms with Crippen LogP contribution in [0.3, 0.4) is 0 Å². The molecular weight excluding hydrogens is 238 g/mol. The van der Waals surface area contributed by atoms with Gasteiger partial charge in [-0.3, -0.25) is 0 Å². The fourth-order valence-corrected chi connectivity index (χ4v) is 3.03. The molecule has 2 atom stereocenters. The van der Waals surface area contributed by atoms with E-state index in [2.05, 4.69) is 67.2 Å². The minimum Gasteiger partial charge on any atom is -0.307 e. The van der Waals surface area contributed by atoms with E-state index in [0.29, 0.717) is 12.1 Å². The molecule has 0 saturated heterocycles. The number of rotatable bonds is 5. The van der Waals surface area contributed by atoms with Crippen LogP contribution >= 0.6 is 11.3 Å². The monoisotopic (exact) mass is 259 g/mol. The van der Waals surface area contributed by atoms with Gasteiger partial charge >= 0.3 is 0 Å². The van der Waals surface area contributed by atoms with E-state index in [1.54, 1.807) is 11.3 Å². The van der Waals surface area contributed by atoms with E-state index in [1.165, 1.54) is 16.7 Å². The summed E-state index contributed by atoms with van der Waals surface area (Å²) in [5.74, 6) is 0. The summed E-state index contributed by atoms with van der Waals surface area (Å²) in [6, 6.07) is 11.7. The molecule has 0 bridgehead atoms. The van der Waals surface area contributed by atoms with Gasteiger partial charge in [-0.15, -0.1) is 0 Å². The zero-order valence-corrected chi connectivity index (χ0v) is 12.1. The van der Waals surface area contributed by atoms with E-state index in [0.717, 1.165) is 6.42 Å². The Balaban J connectivity index is 1.93. The maximum absolute atomic E-state index is 3.66. The van der Waals surface area contributed by atoms with Crippen molar-refractivity contribution in [3.63, 3.8) is 0 Å². The number of thiophene rings is 1. The Bertz CT molecular complexity index is 476. The average Bonchev–Trinajstić information content (AvgIpc) is 2.85. The van der Waals surface area contributed by atoms with Crippen molar-refractivity contribution >= 4 is 11.3 Å². The van der Waals surface area contributed by atoms with Crippen molar-refractivity contribution in [1.82, 2.24) is 5.32 Å². The van der Waals surface area contributed by atoms with Crippen molar-refractivity contribution in [3.05, 3.63) is 57.8 Å². The molecule has 0 radical (unpaired) electrons. The number of aryl methyl sites for hydroxylation is 1. The summed E-state index contributed by atoms with van der Waals surface area (Å²) < 4.78 is 0. The summed E-state index contributed by atoms with van der Waals surface area (Å²) in [5.41, 5.74) is 4.21. The van der Waals surface area contributed by atoms with Gasteiger partial charge in [-0.2, -0.15) is 11.3 Å². The van der Waals surface area contributed by atoms with E-state index >= 15 is 0 Å². The highest BCUT2D eigenvalue weighted by molar-refractivity contribution is 7.07. The third kappa shape index (κ3) is 3.44. The van der Waals surface area contributed by atoms with Crippen LogP contribution in [-0.2, 0) is 6.42 Å². The molecule has 2 heteroatoms. The Morgan fingerprint density at radius 3 is 2.61 bits per heavy atom. The van der Waals surface area contributed by atoms with E-state index in [-0.39, 0.29) is 0 Å². The summed E-state index contributed by atoms with van der Waals surface area (Å²) >= 11 is 1.76. The highest BCUT2D eigenvalue weighted by Crippen LogP contribution is 2.17. The maximum Gasteiger partial charge on any atom is 0.0302 e. The lowest BCUT2D eigenvalue weighted by Gasteiger charge is -2.20. The molecule has 18 heavy (non-hydrogen) atoms. The van der Waals surface area contributed by atoms with Crippen molar-refractivity contribution in [3.8, 4) is 0 Å². The first-order valence-corrected chi connectivity index (χ1v) is 7.43. The Morgan fingerprint density at radius 2 is 1.94 bits per heavy atom. The third-order valence-electron chi connectivity index (χ3n) is 3.37. The normalized spacial score (nSPS) is 14.4. The van der Waals surface area contributed by atoms with Gasteiger partial charge < -0.3 is 5.32 Å². The maximum atomic E-state index is 3.66. The average molecular weight is 259 g/mol. The Labute approximate surface area is 114 Å². The molecule has 1 N–H and O–H groups in total. The fraction of sp³-hybridized carbons (Fsp3) is 0.375. The second kappa shape index (κ2) is 6.17. The quantitative estimate of drug-likeness (QED) is 0.842. The predicted molar refractivity (Wildman–Crippen MR) is 80.2 cm³/mol.